The highest BCUT2D eigenvalue weighted by Crippen LogP contribution is 2.12. The molecule has 7 heterocycles. The molecule has 0 spiro atoms. The summed E-state index contributed by atoms with van der Waals surface area (Å²) in [7, 11) is 1.91. The second kappa shape index (κ2) is 51.4. The van der Waals surface area contributed by atoms with Crippen LogP contribution >= 0.6 is 34.2 Å². The van der Waals surface area contributed by atoms with Crippen molar-refractivity contribution in [3.05, 3.63) is 144 Å². The Hall–Kier alpha value is -4.59. The van der Waals surface area contributed by atoms with E-state index in [2.05, 4.69) is 89.6 Å². The lowest BCUT2D eigenvalue weighted by molar-refractivity contribution is 0.756. The molecule has 0 amide bonds. The van der Waals surface area contributed by atoms with Crippen LogP contribution in [0.4, 0.5) is 0 Å². The van der Waals surface area contributed by atoms with E-state index in [9.17, 15) is 0 Å². The van der Waals surface area contributed by atoms with Gasteiger partial charge in [0.05, 0.1) is 27.1 Å². The minimum atomic E-state index is 0. The Morgan fingerprint density at radius 1 is 0.485 bits per heavy atom. The van der Waals surface area contributed by atoms with Crippen molar-refractivity contribution in [1.29, 1.82) is 0 Å². The van der Waals surface area contributed by atoms with Crippen LogP contribution in [0.3, 0.4) is 0 Å². The lowest BCUT2D eigenvalue weighted by atomic mass is 10.2. The first-order valence-electron chi connectivity index (χ1n) is 21.5. The predicted molar refractivity (Wildman–Crippen MR) is 301 cm³/mol. The van der Waals surface area contributed by atoms with Gasteiger partial charge in [0.1, 0.15) is 10.8 Å². The third kappa shape index (κ3) is 47.4. The molecule has 7 aromatic heterocycles. The van der Waals surface area contributed by atoms with Crippen molar-refractivity contribution in [1.82, 2.24) is 49.0 Å². The molecule has 0 saturated heterocycles. The number of thiazole rings is 2. The Morgan fingerprint density at radius 2 is 1.02 bits per heavy atom. The number of hydrogen-bond acceptors (Lipinski definition) is 12. The fourth-order valence-corrected chi connectivity index (χ4v) is 5.58. The number of aromatic nitrogens is 10. The summed E-state index contributed by atoms with van der Waals surface area (Å²) in [5.74, 6) is 1.44. The van der Waals surface area contributed by atoms with Gasteiger partial charge in [-0.1, -0.05) is 105 Å². The topological polar surface area (TPSA) is 121 Å². The van der Waals surface area contributed by atoms with E-state index < -0.39 is 0 Å². The minimum Gasteiger partial charge on any atom is -0.276 e. The summed E-state index contributed by atoms with van der Waals surface area (Å²) in [6, 6.07) is 10.1. The molecule has 10 nitrogen and oxygen atoms in total. The third-order valence-electron chi connectivity index (χ3n) is 6.40. The SMILES string of the molecule is C.C.C.C.CC.CC.CC.CC.Cc1ccc(C)nc1.Cc1ccn(C)n1.Cc1ccnc(C)c1.Cc1cnc(C)cn1.Cc1cnc(C)s1.Cc1csc(C)n1.Cc1nc(C(C)C)ns1. The molecule has 66 heavy (non-hydrogen) atoms. The van der Waals surface area contributed by atoms with Crippen LogP contribution in [-0.2, 0) is 7.05 Å². The van der Waals surface area contributed by atoms with E-state index in [0.29, 0.717) is 5.92 Å². The molecule has 0 atom stereocenters. The molecule has 13 heteroatoms. The van der Waals surface area contributed by atoms with Gasteiger partial charge in [-0.05, 0) is 130 Å². The van der Waals surface area contributed by atoms with Crippen LogP contribution in [-0.4, -0.2) is 49.0 Å². The van der Waals surface area contributed by atoms with Gasteiger partial charge in [-0.3, -0.25) is 24.6 Å². The molecule has 0 aliphatic carbocycles. The Balaban J connectivity index is -0.0000000957. The van der Waals surface area contributed by atoms with Gasteiger partial charge >= 0.3 is 0 Å². The van der Waals surface area contributed by atoms with Crippen LogP contribution in [0.15, 0.2) is 72.9 Å². The van der Waals surface area contributed by atoms with Crippen molar-refractivity contribution >= 4 is 34.2 Å². The van der Waals surface area contributed by atoms with Crippen LogP contribution in [0.5, 0.6) is 0 Å². The van der Waals surface area contributed by atoms with Crippen LogP contribution < -0.4 is 0 Å². The average molecular weight is 972 g/mol. The van der Waals surface area contributed by atoms with Gasteiger partial charge in [-0.2, -0.15) is 9.47 Å². The van der Waals surface area contributed by atoms with Crippen LogP contribution in [0.25, 0.3) is 0 Å². The monoisotopic (exact) mass is 971 g/mol. The summed E-state index contributed by atoms with van der Waals surface area (Å²) in [5.41, 5.74) is 8.80. The van der Waals surface area contributed by atoms with Gasteiger partial charge in [0, 0.05) is 77.5 Å². The molecule has 7 rings (SSSR count). The Morgan fingerprint density at radius 3 is 1.21 bits per heavy atom. The zero-order chi connectivity index (χ0) is 48.6. The van der Waals surface area contributed by atoms with E-state index in [4.69, 9.17) is 0 Å². The van der Waals surface area contributed by atoms with Gasteiger partial charge in [0.2, 0.25) is 0 Å². The molecular formula is C53H98N10S3. The van der Waals surface area contributed by atoms with E-state index in [1.165, 1.54) is 27.5 Å². The summed E-state index contributed by atoms with van der Waals surface area (Å²) in [5, 5.41) is 9.43. The van der Waals surface area contributed by atoms with Crippen molar-refractivity contribution in [3.63, 3.8) is 0 Å². The van der Waals surface area contributed by atoms with Crippen LogP contribution in [0, 0.1) is 83.1 Å². The summed E-state index contributed by atoms with van der Waals surface area (Å²) < 4.78 is 5.93. The van der Waals surface area contributed by atoms with Crippen molar-refractivity contribution < 1.29 is 0 Å². The van der Waals surface area contributed by atoms with E-state index in [1.807, 2.05) is 175 Å². The fourth-order valence-electron chi connectivity index (χ4n) is 3.71. The largest absolute Gasteiger partial charge is 0.276 e. The molecular weight excluding hydrogens is 873 g/mol. The summed E-state index contributed by atoms with van der Waals surface area (Å²) in [4.78, 5) is 29.8. The molecule has 0 bridgehead atoms. The summed E-state index contributed by atoms with van der Waals surface area (Å²) in [6.45, 7) is 44.2. The van der Waals surface area contributed by atoms with E-state index in [0.717, 1.165) is 55.0 Å². The van der Waals surface area contributed by atoms with Gasteiger partial charge in [0.25, 0.3) is 0 Å². The average Bonchev–Trinajstić information content (AvgIpc) is 4.07. The third-order valence-corrected chi connectivity index (χ3v) is 8.75. The molecule has 0 unspecified atom stereocenters. The zero-order valence-corrected chi connectivity index (χ0v) is 45.2. The lowest BCUT2D eigenvalue weighted by Gasteiger charge is -1.92. The first kappa shape index (κ1) is 78.6. The normalized spacial score (nSPS) is 8.18. The van der Waals surface area contributed by atoms with E-state index >= 15 is 0 Å². The maximum atomic E-state index is 4.22. The number of pyridine rings is 2. The molecule has 7 aromatic rings. The smallest absolute Gasteiger partial charge is 0.145 e. The highest BCUT2D eigenvalue weighted by Gasteiger charge is 2.03. The number of hydrogen-bond donors (Lipinski definition) is 0. The van der Waals surface area contributed by atoms with Crippen molar-refractivity contribution in [3.8, 4) is 0 Å². The first-order chi connectivity index (χ1) is 29.4. The quantitative estimate of drug-likeness (QED) is 0.158. The van der Waals surface area contributed by atoms with Gasteiger partial charge < -0.3 is 0 Å². The zero-order valence-electron chi connectivity index (χ0n) is 42.7. The Bertz CT molecular complexity index is 1750. The molecule has 0 aliphatic heterocycles. The van der Waals surface area contributed by atoms with Crippen LogP contribution in [0.2, 0.25) is 0 Å². The maximum absolute atomic E-state index is 4.22. The number of rotatable bonds is 1. The summed E-state index contributed by atoms with van der Waals surface area (Å²) >= 11 is 4.90. The maximum Gasteiger partial charge on any atom is 0.145 e. The highest BCUT2D eigenvalue weighted by molar-refractivity contribution is 7.11. The molecule has 0 aromatic carbocycles. The lowest BCUT2D eigenvalue weighted by Crippen LogP contribution is -1.88. The number of nitrogens with zero attached hydrogens (tertiary/aromatic N) is 10. The molecule has 0 N–H and O–H groups in total. The van der Waals surface area contributed by atoms with Crippen molar-refractivity contribution in [2.24, 2.45) is 7.05 Å². The molecule has 0 aliphatic rings. The predicted octanol–water partition coefficient (Wildman–Crippen LogP) is 17.4. The summed E-state index contributed by atoms with van der Waals surface area (Å²) in [6.07, 6.45) is 11.0. The van der Waals surface area contributed by atoms with Gasteiger partial charge in [-0.25, -0.2) is 15.0 Å². The Kier molecular flexibility index (Phi) is 61.2. The minimum absolute atomic E-state index is 0. The van der Waals surface area contributed by atoms with Crippen molar-refractivity contribution in [2.75, 3.05) is 0 Å². The molecule has 0 fully saturated rings. The number of aryl methyl sites for hydroxylation is 13. The van der Waals surface area contributed by atoms with E-state index in [-0.39, 0.29) is 29.7 Å². The standard InChI is InChI=1S/2C7H9N.C6H10N2S.C6H8N2.C5H8N2.2C5H7NS.4C2H6.4CH4/c1-6-3-4-8-7(2)5-6;1-6-3-4-7(2)8-5-6;1-4(2)6-7-5(3)9-8-6;1-5-3-8-6(2)4-7-5;1-5-3-4-7(2)6-5;1-4-3-7-5(2)6-4;1-4-3-6-5(2)7-4;4*1-2;;;;/h2*3-5H,1-2H3;4H,1-3H3;3-4H,1-2H3;3-4H,1-2H3;2*3H,1-2H3;4*1-2H3;4*1H4. The molecule has 0 saturated carbocycles. The van der Waals surface area contributed by atoms with Crippen molar-refractivity contribution in [2.45, 2.75) is 188 Å². The van der Waals surface area contributed by atoms with E-state index in [1.54, 1.807) is 39.7 Å². The first-order valence-corrected chi connectivity index (χ1v) is 24.0. The second-order valence-corrected chi connectivity index (χ2v) is 16.2. The van der Waals surface area contributed by atoms with Gasteiger partial charge in [0.15, 0.2) is 0 Å². The fraction of sp³-hybridized carbons (Fsp3) is 0.528. The second-order valence-electron chi connectivity index (χ2n) is 12.7. The Labute approximate surface area is 420 Å². The molecule has 0 radical (unpaired) electrons. The molecule has 378 valence electrons. The highest BCUT2D eigenvalue weighted by atomic mass is 32.1. The van der Waals surface area contributed by atoms with Crippen LogP contribution in [0.1, 0.15) is 176 Å². The van der Waals surface area contributed by atoms with Gasteiger partial charge in [-0.15, -0.1) is 22.7 Å².